The maximum absolute atomic E-state index is 12.1. The fourth-order valence-corrected chi connectivity index (χ4v) is 2.25. The first-order valence-electron chi connectivity index (χ1n) is 6.29. The Morgan fingerprint density at radius 3 is 3.00 bits per heavy atom. The van der Waals surface area contributed by atoms with Gasteiger partial charge in [-0.2, -0.15) is 0 Å². The second-order valence-corrected chi connectivity index (χ2v) is 4.65. The van der Waals surface area contributed by atoms with Gasteiger partial charge in [0.25, 0.3) is 0 Å². The Hall–Kier alpha value is -2.11. The molecule has 1 fully saturated rings. The molecule has 1 aromatic heterocycles. The third kappa shape index (κ3) is 3.01. The molecule has 2 rings (SSSR count). The minimum atomic E-state index is -0.943. The predicted molar refractivity (Wildman–Crippen MR) is 68.5 cm³/mol. The summed E-state index contributed by atoms with van der Waals surface area (Å²) in [5, 5.41) is 11.9. The van der Waals surface area contributed by atoms with Crippen LogP contribution in [0.5, 0.6) is 0 Å². The van der Waals surface area contributed by atoms with Gasteiger partial charge in [-0.1, -0.05) is 6.07 Å². The molecule has 0 saturated carbocycles. The first kappa shape index (κ1) is 13.3. The van der Waals surface area contributed by atoms with Gasteiger partial charge in [-0.05, 0) is 31.4 Å². The van der Waals surface area contributed by atoms with Crippen LogP contribution in [0.1, 0.15) is 31.4 Å². The Morgan fingerprint density at radius 2 is 2.37 bits per heavy atom. The smallest absolute Gasteiger partial charge is 0.326 e. The molecule has 0 aliphatic carbocycles. The number of aromatic nitrogens is 1. The monoisotopic (exact) mass is 263 g/mol. The zero-order chi connectivity index (χ0) is 13.8. The van der Waals surface area contributed by atoms with Crippen LogP contribution in [0.4, 0.5) is 4.79 Å². The number of carbonyl (C=O) groups excluding carboxylic acids is 1. The van der Waals surface area contributed by atoms with Gasteiger partial charge in [-0.15, -0.1) is 0 Å². The Bertz CT molecular complexity index is 463. The molecule has 1 aliphatic heterocycles. The van der Waals surface area contributed by atoms with E-state index in [2.05, 4.69) is 10.3 Å². The van der Waals surface area contributed by atoms with Gasteiger partial charge in [-0.3, -0.25) is 4.98 Å². The van der Waals surface area contributed by atoms with Gasteiger partial charge in [-0.25, -0.2) is 9.59 Å². The highest BCUT2D eigenvalue weighted by Gasteiger charge is 2.34. The first-order chi connectivity index (χ1) is 9.09. The molecule has 102 valence electrons. The summed E-state index contributed by atoms with van der Waals surface area (Å²) >= 11 is 0. The Labute approximate surface area is 111 Å². The van der Waals surface area contributed by atoms with E-state index in [1.54, 1.807) is 18.5 Å². The molecule has 1 unspecified atom stereocenters. The molecule has 6 heteroatoms. The predicted octanol–water partition coefficient (Wildman–Crippen LogP) is 1.40. The summed E-state index contributed by atoms with van der Waals surface area (Å²) in [6.45, 7) is 2.34. The molecule has 1 saturated heterocycles. The summed E-state index contributed by atoms with van der Waals surface area (Å²) in [6, 6.07) is 2.43. The minimum absolute atomic E-state index is 0.198. The number of amides is 2. The van der Waals surface area contributed by atoms with Crippen LogP contribution in [0, 0.1) is 0 Å². The molecule has 2 N–H and O–H groups in total. The quantitative estimate of drug-likeness (QED) is 0.863. The minimum Gasteiger partial charge on any atom is -0.480 e. The zero-order valence-corrected chi connectivity index (χ0v) is 10.7. The van der Waals surface area contributed by atoms with E-state index < -0.39 is 12.0 Å². The molecular formula is C13H17N3O3. The van der Waals surface area contributed by atoms with E-state index in [4.69, 9.17) is 5.11 Å². The molecule has 2 atom stereocenters. The number of aliphatic carboxylic acids is 1. The van der Waals surface area contributed by atoms with Gasteiger partial charge in [0.2, 0.25) is 0 Å². The lowest BCUT2D eigenvalue weighted by atomic mass is 10.1. The highest BCUT2D eigenvalue weighted by molar-refractivity contribution is 5.83. The lowest BCUT2D eigenvalue weighted by molar-refractivity contribution is -0.141. The van der Waals surface area contributed by atoms with Crippen molar-refractivity contribution < 1.29 is 14.7 Å². The summed E-state index contributed by atoms with van der Waals surface area (Å²) in [5.74, 6) is -0.943. The average Bonchev–Trinajstić information content (AvgIpc) is 2.89. The number of carboxylic acid groups (broad SMARTS) is 1. The van der Waals surface area contributed by atoms with Crippen LogP contribution >= 0.6 is 0 Å². The maximum atomic E-state index is 12.1. The van der Waals surface area contributed by atoms with E-state index in [-0.39, 0.29) is 12.1 Å². The normalized spacial score (nSPS) is 20.1. The molecule has 2 amide bonds. The SMILES string of the molecule is CC(NC(=O)N1CCC[C@H]1C(=O)O)c1cccnc1. The molecule has 1 aromatic rings. The molecule has 2 heterocycles. The number of carboxylic acids is 1. The number of rotatable bonds is 3. The van der Waals surface area contributed by atoms with Crippen LogP contribution < -0.4 is 5.32 Å². The van der Waals surface area contributed by atoms with Crippen LogP contribution in [0.2, 0.25) is 0 Å². The largest absolute Gasteiger partial charge is 0.480 e. The van der Waals surface area contributed by atoms with Crippen molar-refractivity contribution in [1.82, 2.24) is 15.2 Å². The van der Waals surface area contributed by atoms with Gasteiger partial charge < -0.3 is 15.3 Å². The Kier molecular flexibility index (Phi) is 3.99. The standard InChI is InChI=1S/C13H17N3O3/c1-9(10-4-2-6-14-8-10)15-13(19)16-7-3-5-11(16)12(17)18/h2,4,6,8-9,11H,3,5,7H2,1H3,(H,15,19)(H,17,18)/t9?,11-/m0/s1. The number of hydrogen-bond donors (Lipinski definition) is 2. The van der Waals surface area contributed by atoms with Gasteiger partial charge in [0, 0.05) is 18.9 Å². The number of nitrogens with one attached hydrogen (secondary N) is 1. The second-order valence-electron chi connectivity index (χ2n) is 4.65. The van der Waals surface area contributed by atoms with Crippen molar-refractivity contribution in [1.29, 1.82) is 0 Å². The molecule has 0 aromatic carbocycles. The fraction of sp³-hybridized carbons (Fsp3) is 0.462. The number of likely N-dealkylation sites (tertiary alicyclic amines) is 1. The molecule has 19 heavy (non-hydrogen) atoms. The third-order valence-electron chi connectivity index (χ3n) is 3.32. The molecule has 0 spiro atoms. The first-order valence-corrected chi connectivity index (χ1v) is 6.29. The number of urea groups is 1. The van der Waals surface area contributed by atoms with E-state index >= 15 is 0 Å². The second kappa shape index (κ2) is 5.69. The van der Waals surface area contributed by atoms with Crippen LogP contribution in [0.15, 0.2) is 24.5 Å². The lowest BCUT2D eigenvalue weighted by Crippen LogP contribution is -2.46. The van der Waals surface area contributed by atoms with Crippen molar-refractivity contribution in [2.24, 2.45) is 0 Å². The zero-order valence-electron chi connectivity index (χ0n) is 10.7. The number of carbonyl (C=O) groups is 2. The van der Waals surface area contributed by atoms with Crippen molar-refractivity contribution in [3.05, 3.63) is 30.1 Å². The van der Waals surface area contributed by atoms with Crippen LogP contribution in [0.25, 0.3) is 0 Å². The van der Waals surface area contributed by atoms with Gasteiger partial charge in [0.05, 0.1) is 6.04 Å². The van der Waals surface area contributed by atoms with E-state index in [9.17, 15) is 9.59 Å². The summed E-state index contributed by atoms with van der Waals surface area (Å²) in [7, 11) is 0. The van der Waals surface area contributed by atoms with E-state index in [1.165, 1.54) is 4.90 Å². The van der Waals surface area contributed by atoms with Crippen LogP contribution in [0.3, 0.4) is 0 Å². The molecule has 0 bridgehead atoms. The van der Waals surface area contributed by atoms with E-state index in [0.29, 0.717) is 13.0 Å². The fourth-order valence-electron chi connectivity index (χ4n) is 2.25. The molecular weight excluding hydrogens is 246 g/mol. The van der Waals surface area contributed by atoms with Gasteiger partial charge in [0.15, 0.2) is 0 Å². The number of pyridine rings is 1. The van der Waals surface area contributed by atoms with Crippen molar-refractivity contribution in [2.45, 2.75) is 31.8 Å². The molecule has 0 radical (unpaired) electrons. The van der Waals surface area contributed by atoms with Gasteiger partial charge in [0.1, 0.15) is 6.04 Å². The summed E-state index contributed by atoms with van der Waals surface area (Å²) in [4.78, 5) is 28.5. The van der Waals surface area contributed by atoms with E-state index in [1.807, 2.05) is 13.0 Å². The number of hydrogen-bond acceptors (Lipinski definition) is 3. The number of nitrogens with zero attached hydrogens (tertiary/aromatic N) is 2. The molecule has 6 nitrogen and oxygen atoms in total. The van der Waals surface area contributed by atoms with Gasteiger partial charge >= 0.3 is 12.0 Å². The Morgan fingerprint density at radius 1 is 1.58 bits per heavy atom. The van der Waals surface area contributed by atoms with Crippen LogP contribution in [-0.4, -0.2) is 39.6 Å². The summed E-state index contributed by atoms with van der Waals surface area (Å²) in [6.07, 6.45) is 4.60. The van der Waals surface area contributed by atoms with Crippen molar-refractivity contribution in [3.8, 4) is 0 Å². The molecule has 1 aliphatic rings. The van der Waals surface area contributed by atoms with Crippen molar-refractivity contribution in [2.75, 3.05) is 6.54 Å². The Balaban J connectivity index is 1.99. The summed E-state index contributed by atoms with van der Waals surface area (Å²) < 4.78 is 0. The lowest BCUT2D eigenvalue weighted by Gasteiger charge is -2.24. The van der Waals surface area contributed by atoms with Crippen molar-refractivity contribution >= 4 is 12.0 Å². The topological polar surface area (TPSA) is 82.5 Å². The summed E-state index contributed by atoms with van der Waals surface area (Å²) in [5.41, 5.74) is 0.891. The third-order valence-corrected chi connectivity index (χ3v) is 3.32. The highest BCUT2D eigenvalue weighted by atomic mass is 16.4. The highest BCUT2D eigenvalue weighted by Crippen LogP contribution is 2.19. The maximum Gasteiger partial charge on any atom is 0.326 e. The van der Waals surface area contributed by atoms with Crippen molar-refractivity contribution in [3.63, 3.8) is 0 Å². The average molecular weight is 263 g/mol. The van der Waals surface area contributed by atoms with Crippen LogP contribution in [-0.2, 0) is 4.79 Å². The van der Waals surface area contributed by atoms with E-state index in [0.717, 1.165) is 12.0 Å².